The summed E-state index contributed by atoms with van der Waals surface area (Å²) in [4.78, 5) is 44.0. The first-order chi connectivity index (χ1) is 8.16. The van der Waals surface area contributed by atoms with E-state index in [1.165, 1.54) is 12.3 Å². The molecule has 0 bridgehead atoms. The van der Waals surface area contributed by atoms with Crippen LogP contribution in [0.25, 0.3) is 0 Å². The molecule has 4 N–H and O–H groups in total. The van der Waals surface area contributed by atoms with Gasteiger partial charge in [-0.2, -0.15) is 19.7 Å². The van der Waals surface area contributed by atoms with Crippen LogP contribution in [0.2, 0.25) is 0 Å². The molecule has 0 amide bonds. The average molecular weight is 295 g/mol. The van der Waals surface area contributed by atoms with Crippen LogP contribution in [-0.2, 0) is 9.09 Å². The Labute approximate surface area is 104 Å². The monoisotopic (exact) mass is 295 g/mol. The van der Waals surface area contributed by atoms with Crippen LogP contribution >= 0.6 is 15.5 Å². The van der Waals surface area contributed by atoms with Gasteiger partial charge >= 0.3 is 20.7 Å². The summed E-state index contributed by atoms with van der Waals surface area (Å²) in [6.07, 6.45) is 1.38. The van der Waals surface area contributed by atoms with Crippen molar-refractivity contribution in [3.63, 3.8) is 0 Å². The fraction of sp³-hybridized carbons (Fsp3) is 0.250. The van der Waals surface area contributed by atoms with Crippen molar-refractivity contribution in [3.8, 4) is 0 Å². The lowest BCUT2D eigenvalue weighted by Gasteiger charge is -2.10. The molecule has 1 rings (SSSR count). The molecule has 1 aromatic heterocycles. The fourth-order valence-electron chi connectivity index (χ4n) is 1.07. The number of hydrogen-bond donors (Lipinski definition) is 4. The zero-order valence-corrected chi connectivity index (χ0v) is 11.4. The van der Waals surface area contributed by atoms with E-state index in [0.29, 0.717) is 0 Å². The highest BCUT2D eigenvalue weighted by Crippen LogP contribution is 2.63. The molecule has 100 valence electrons. The predicted octanol–water partition coefficient (Wildman–Crippen LogP) is 0.949. The Morgan fingerprint density at radius 3 is 2.56 bits per heavy atom. The first-order valence-electron chi connectivity index (χ1n) is 4.65. The van der Waals surface area contributed by atoms with Gasteiger partial charge in [0.05, 0.1) is 0 Å². The maximum atomic E-state index is 11.5. The predicted molar refractivity (Wildman–Crippen MR) is 66.5 cm³/mol. The molecule has 18 heavy (non-hydrogen) atoms. The summed E-state index contributed by atoms with van der Waals surface area (Å²) in [5.74, 6) is -0.0437. The summed E-state index contributed by atoms with van der Waals surface area (Å²) in [5, 5.41) is -1.12. The van der Waals surface area contributed by atoms with Crippen molar-refractivity contribution in [3.05, 3.63) is 23.9 Å². The van der Waals surface area contributed by atoms with E-state index in [1.54, 1.807) is 13.0 Å². The average Bonchev–Trinajstić information content (AvgIpc) is 2.24. The first-order valence-corrected chi connectivity index (χ1v) is 7.87. The molecular formula is C8H13N2O6P2+. The molecule has 0 aliphatic rings. The molecule has 0 aliphatic carbocycles. The lowest BCUT2D eigenvalue weighted by Crippen LogP contribution is -2.07. The zero-order valence-electron chi connectivity index (χ0n) is 9.63. The second-order valence-electron chi connectivity index (χ2n) is 3.37. The largest absolute Gasteiger partial charge is 0.469 e. The standard InChI is InChI=1S/C8H12N2O6P2/c1-6-3-4-9-7(5-6)10-8(17(11,12)13)18(14,15)16-2/h3-5,11-13H,1-2H3/p+1. The van der Waals surface area contributed by atoms with E-state index >= 15 is 0 Å². The Bertz CT molecular complexity index is 513. The van der Waals surface area contributed by atoms with Gasteiger partial charge in [-0.15, -0.1) is 0 Å². The van der Waals surface area contributed by atoms with Gasteiger partial charge in [-0.1, -0.05) is 0 Å². The summed E-state index contributed by atoms with van der Waals surface area (Å²) in [6.45, 7) is 1.73. The van der Waals surface area contributed by atoms with E-state index in [-0.39, 0.29) is 5.82 Å². The lowest BCUT2D eigenvalue weighted by molar-refractivity contribution is 0.326. The van der Waals surface area contributed by atoms with Crippen LogP contribution in [0.3, 0.4) is 0 Å². The van der Waals surface area contributed by atoms with E-state index in [9.17, 15) is 9.46 Å². The van der Waals surface area contributed by atoms with Crippen molar-refractivity contribution in [1.29, 1.82) is 0 Å². The van der Waals surface area contributed by atoms with Crippen LogP contribution in [0.15, 0.2) is 23.3 Å². The van der Waals surface area contributed by atoms with Crippen LogP contribution in [-0.4, -0.2) is 36.9 Å². The van der Waals surface area contributed by atoms with Crippen molar-refractivity contribution in [2.24, 2.45) is 4.99 Å². The Morgan fingerprint density at radius 1 is 1.50 bits per heavy atom. The van der Waals surface area contributed by atoms with Crippen molar-refractivity contribution in [2.75, 3.05) is 7.11 Å². The van der Waals surface area contributed by atoms with E-state index in [1.807, 2.05) is 0 Å². The molecule has 10 heteroatoms. The minimum atomic E-state index is -4.77. The number of aromatic nitrogens is 1. The maximum absolute atomic E-state index is 11.5. The van der Waals surface area contributed by atoms with Crippen LogP contribution < -0.4 is 0 Å². The van der Waals surface area contributed by atoms with Gasteiger partial charge in [-0.05, 0) is 24.6 Å². The van der Waals surface area contributed by atoms with E-state index in [2.05, 4.69) is 14.5 Å². The summed E-state index contributed by atoms with van der Waals surface area (Å²) < 4.78 is 15.8. The Kier molecular flexibility index (Phi) is 4.69. The third-order valence-corrected chi connectivity index (χ3v) is 5.18. The molecule has 1 heterocycles. The molecule has 0 aliphatic heterocycles. The summed E-state index contributed by atoms with van der Waals surface area (Å²) in [6, 6.07) is 3.10. The highest BCUT2D eigenvalue weighted by atomic mass is 31.3. The second kappa shape index (κ2) is 5.50. The molecule has 1 aromatic rings. The molecule has 0 aromatic carbocycles. The van der Waals surface area contributed by atoms with Crippen molar-refractivity contribution in [1.82, 2.24) is 4.98 Å². The molecule has 0 saturated carbocycles. The van der Waals surface area contributed by atoms with Crippen LogP contribution in [0.5, 0.6) is 0 Å². The Morgan fingerprint density at radius 2 is 2.11 bits per heavy atom. The molecular weight excluding hydrogens is 282 g/mol. The van der Waals surface area contributed by atoms with Crippen molar-refractivity contribution < 1.29 is 28.7 Å². The van der Waals surface area contributed by atoms with E-state index in [0.717, 1.165) is 12.7 Å². The molecule has 8 nitrogen and oxygen atoms in total. The van der Waals surface area contributed by atoms with Gasteiger partial charge in [0.15, 0.2) is 5.82 Å². The highest BCUT2D eigenvalue weighted by Gasteiger charge is 2.53. The highest BCUT2D eigenvalue weighted by molar-refractivity contribution is 8.00. The molecule has 0 radical (unpaired) electrons. The van der Waals surface area contributed by atoms with Gasteiger partial charge in [-0.25, -0.2) is 9.55 Å². The van der Waals surface area contributed by atoms with Crippen LogP contribution in [0.4, 0.5) is 5.82 Å². The molecule has 1 atom stereocenters. The first kappa shape index (κ1) is 15.3. The molecule has 0 fully saturated rings. The fourth-order valence-corrected chi connectivity index (χ4v) is 3.30. The number of aryl methyl sites for hydroxylation is 1. The van der Waals surface area contributed by atoms with Crippen molar-refractivity contribution >= 4 is 26.6 Å². The van der Waals surface area contributed by atoms with Crippen LogP contribution in [0, 0.1) is 6.92 Å². The number of rotatable bonds is 4. The smallest absolute Gasteiger partial charge is 0.317 e. The van der Waals surface area contributed by atoms with Gasteiger partial charge in [0, 0.05) is 13.3 Å². The number of aliphatic imine (C=N–C) groups is 1. The second-order valence-corrected chi connectivity index (χ2v) is 7.12. The van der Waals surface area contributed by atoms with Gasteiger partial charge in [0.2, 0.25) is 0 Å². The van der Waals surface area contributed by atoms with Crippen LogP contribution in [0.1, 0.15) is 5.56 Å². The summed E-state index contributed by atoms with van der Waals surface area (Å²) in [5.41, 5.74) is 0.756. The third-order valence-electron chi connectivity index (χ3n) is 1.88. The maximum Gasteiger partial charge on any atom is 0.469 e. The minimum Gasteiger partial charge on any atom is -0.317 e. The summed E-state index contributed by atoms with van der Waals surface area (Å²) in [7, 11) is -8.46. The van der Waals surface area contributed by atoms with Crippen molar-refractivity contribution in [2.45, 2.75) is 6.92 Å². The van der Waals surface area contributed by atoms with E-state index < -0.39 is 20.7 Å². The minimum absolute atomic E-state index is 0.0437. The van der Waals surface area contributed by atoms with E-state index in [4.69, 9.17) is 14.7 Å². The Balaban J connectivity index is 3.33. The lowest BCUT2D eigenvalue weighted by atomic mass is 10.3. The Hall–Kier alpha value is -0.720. The number of pyridine rings is 1. The molecule has 0 saturated heterocycles. The topological polar surface area (TPSA) is 132 Å². The number of nitrogens with zero attached hydrogens (tertiary/aromatic N) is 2. The quantitative estimate of drug-likeness (QED) is 0.480. The third kappa shape index (κ3) is 3.90. The number of hydrogen-bond acceptors (Lipinski definition) is 7. The summed E-state index contributed by atoms with van der Waals surface area (Å²) >= 11 is 0. The SMILES string of the molecule is COP(=O)(O)C(=Nc1cc(C)ccn1)[P+](O)(O)O. The van der Waals surface area contributed by atoms with Gasteiger partial charge in [-0.3, -0.25) is 0 Å². The van der Waals surface area contributed by atoms with Gasteiger partial charge in [0.1, 0.15) is 0 Å². The van der Waals surface area contributed by atoms with Gasteiger partial charge in [0.25, 0.3) is 0 Å². The molecule has 1 unspecified atom stereocenters. The normalized spacial score (nSPS) is 16.4. The van der Waals surface area contributed by atoms with Gasteiger partial charge < -0.3 is 9.42 Å². The zero-order chi connectivity index (χ0) is 14.0. The molecule has 0 spiro atoms.